The molecule has 0 aromatic rings. The maximum absolute atomic E-state index is 10.9. The Morgan fingerprint density at radius 1 is 1.33 bits per heavy atom. The Kier molecular flexibility index (Phi) is 4.06. The van der Waals surface area contributed by atoms with E-state index in [1.165, 1.54) is 14.2 Å². The van der Waals surface area contributed by atoms with E-state index in [1.807, 2.05) is 0 Å². The monoisotopic (exact) mass is 154 g/mol. The third-order valence-corrected chi connectivity index (χ3v) is 2.20. The summed E-state index contributed by atoms with van der Waals surface area (Å²) < 4.78 is 24.4. The van der Waals surface area contributed by atoms with Crippen molar-refractivity contribution in [3.63, 3.8) is 0 Å². The van der Waals surface area contributed by atoms with Crippen LogP contribution in [0.3, 0.4) is 0 Å². The van der Waals surface area contributed by atoms with E-state index >= 15 is 0 Å². The third-order valence-electron chi connectivity index (χ3n) is 0.734. The molecule has 0 aromatic heterocycles. The Hall–Kier alpha value is 0.110. The molecule has 0 rings (SSSR count). The van der Waals surface area contributed by atoms with Gasteiger partial charge in [-0.15, -0.1) is 0 Å². The summed E-state index contributed by atoms with van der Waals surface area (Å²) in [6, 6.07) is 0. The molecule has 0 fully saturated rings. The van der Waals surface area contributed by atoms with Crippen molar-refractivity contribution in [2.45, 2.75) is 6.92 Å². The van der Waals surface area contributed by atoms with Crippen LogP contribution in [0.2, 0.25) is 0 Å². The van der Waals surface area contributed by atoms with Gasteiger partial charge in [-0.3, -0.25) is 13.6 Å². The highest BCUT2D eigenvalue weighted by molar-refractivity contribution is 7.48. The first-order valence-corrected chi connectivity index (χ1v) is 4.00. The highest BCUT2D eigenvalue weighted by Gasteiger charge is 2.20. The predicted octanol–water partition coefficient (Wildman–Crippen LogP) is 1.42. The molecular formula is C4H11O4P. The van der Waals surface area contributed by atoms with Crippen molar-refractivity contribution in [1.29, 1.82) is 0 Å². The van der Waals surface area contributed by atoms with Gasteiger partial charge in [0.25, 0.3) is 0 Å². The molecule has 0 bridgehead atoms. The minimum atomic E-state index is -3.18. The van der Waals surface area contributed by atoms with Gasteiger partial charge in [0, 0.05) is 14.2 Å². The fourth-order valence-electron chi connectivity index (χ4n) is 0.338. The zero-order valence-electron chi connectivity index (χ0n) is 5.79. The Balaban J connectivity index is 3.78. The van der Waals surface area contributed by atoms with E-state index in [0.717, 1.165) is 0 Å². The minimum Gasteiger partial charge on any atom is -0.290 e. The van der Waals surface area contributed by atoms with Gasteiger partial charge in [-0.1, -0.05) is 0 Å². The first-order chi connectivity index (χ1) is 4.18. The zero-order chi connectivity index (χ0) is 7.33. The molecule has 5 heteroatoms. The summed E-state index contributed by atoms with van der Waals surface area (Å²) in [4.78, 5) is 0. The molecule has 0 amide bonds. The number of hydrogen-bond donors (Lipinski definition) is 0. The second-order valence-corrected chi connectivity index (χ2v) is 3.11. The molecule has 0 N–H and O–H groups in total. The molecule has 0 saturated carbocycles. The highest BCUT2D eigenvalue weighted by Crippen LogP contribution is 2.47. The number of hydrogen-bond acceptors (Lipinski definition) is 4. The molecule has 0 radical (unpaired) electrons. The maximum atomic E-state index is 10.9. The number of phosphoric ester groups is 1. The van der Waals surface area contributed by atoms with Crippen molar-refractivity contribution in [3.05, 3.63) is 0 Å². The molecule has 0 aliphatic rings. The molecule has 0 saturated heterocycles. The molecule has 4 nitrogen and oxygen atoms in total. The van der Waals surface area contributed by atoms with Crippen molar-refractivity contribution in [1.82, 2.24) is 0 Å². The smallest absolute Gasteiger partial charge is 0.290 e. The summed E-state index contributed by atoms with van der Waals surface area (Å²) in [7, 11) is -0.626. The first kappa shape index (κ1) is 9.11. The van der Waals surface area contributed by atoms with Crippen LogP contribution in [0.25, 0.3) is 0 Å². The Labute approximate surface area is 54.7 Å². The Bertz CT molecular complexity index is 105. The van der Waals surface area contributed by atoms with E-state index in [9.17, 15) is 4.57 Å². The SMILES string of the molecule is CCOP(=O)(OC)OC. The topological polar surface area (TPSA) is 44.8 Å². The van der Waals surface area contributed by atoms with Gasteiger partial charge in [-0.25, -0.2) is 4.57 Å². The fraction of sp³-hybridized carbons (Fsp3) is 1.00. The lowest BCUT2D eigenvalue weighted by Gasteiger charge is -2.10. The van der Waals surface area contributed by atoms with E-state index in [2.05, 4.69) is 13.6 Å². The maximum Gasteiger partial charge on any atom is 0.474 e. The lowest BCUT2D eigenvalue weighted by atomic mass is 10.9. The average Bonchev–Trinajstić information content (AvgIpc) is 1.89. The summed E-state index contributed by atoms with van der Waals surface area (Å²) >= 11 is 0. The number of phosphoric acid groups is 1. The highest BCUT2D eigenvalue weighted by atomic mass is 31.2. The summed E-state index contributed by atoms with van der Waals surface area (Å²) in [5, 5.41) is 0. The molecular weight excluding hydrogens is 143 g/mol. The molecule has 0 atom stereocenters. The van der Waals surface area contributed by atoms with Crippen LogP contribution in [0.1, 0.15) is 6.92 Å². The zero-order valence-corrected chi connectivity index (χ0v) is 6.68. The largest absolute Gasteiger partial charge is 0.474 e. The summed E-state index contributed by atoms with van der Waals surface area (Å²) in [6.07, 6.45) is 0. The van der Waals surface area contributed by atoms with Crippen LogP contribution >= 0.6 is 7.82 Å². The normalized spacial score (nSPS) is 11.9. The van der Waals surface area contributed by atoms with E-state index < -0.39 is 7.82 Å². The van der Waals surface area contributed by atoms with Gasteiger partial charge in [-0.05, 0) is 6.92 Å². The van der Waals surface area contributed by atoms with E-state index in [1.54, 1.807) is 6.92 Å². The second kappa shape index (κ2) is 4.01. The van der Waals surface area contributed by atoms with Crippen LogP contribution in [0.15, 0.2) is 0 Å². The van der Waals surface area contributed by atoms with Crippen molar-refractivity contribution < 1.29 is 18.1 Å². The van der Waals surface area contributed by atoms with Crippen molar-refractivity contribution >= 4 is 7.82 Å². The van der Waals surface area contributed by atoms with Gasteiger partial charge in [0.15, 0.2) is 0 Å². The molecule has 0 unspecified atom stereocenters. The summed E-state index contributed by atoms with van der Waals surface area (Å²) in [5.74, 6) is 0. The van der Waals surface area contributed by atoms with Crippen LogP contribution < -0.4 is 0 Å². The predicted molar refractivity (Wildman–Crippen MR) is 33.3 cm³/mol. The molecule has 0 aliphatic carbocycles. The minimum absolute atomic E-state index is 0.318. The lowest BCUT2D eigenvalue weighted by molar-refractivity contribution is 0.158. The van der Waals surface area contributed by atoms with Gasteiger partial charge in [-0.2, -0.15) is 0 Å². The van der Waals surface area contributed by atoms with E-state index in [0.29, 0.717) is 6.61 Å². The van der Waals surface area contributed by atoms with Crippen molar-refractivity contribution in [2.75, 3.05) is 20.8 Å². The van der Waals surface area contributed by atoms with E-state index in [-0.39, 0.29) is 0 Å². The lowest BCUT2D eigenvalue weighted by Crippen LogP contribution is -1.93. The van der Waals surface area contributed by atoms with Gasteiger partial charge >= 0.3 is 7.82 Å². The molecule has 0 heterocycles. The second-order valence-electron chi connectivity index (χ2n) is 1.23. The number of rotatable bonds is 4. The van der Waals surface area contributed by atoms with Crippen molar-refractivity contribution in [3.8, 4) is 0 Å². The van der Waals surface area contributed by atoms with E-state index in [4.69, 9.17) is 0 Å². The molecule has 56 valence electrons. The molecule has 0 spiro atoms. The third kappa shape index (κ3) is 2.96. The van der Waals surface area contributed by atoms with Gasteiger partial charge < -0.3 is 0 Å². The van der Waals surface area contributed by atoms with Crippen LogP contribution in [-0.4, -0.2) is 20.8 Å². The van der Waals surface area contributed by atoms with Gasteiger partial charge in [0.1, 0.15) is 0 Å². The fourth-order valence-corrected chi connectivity index (χ4v) is 1.01. The Morgan fingerprint density at radius 2 is 1.78 bits per heavy atom. The van der Waals surface area contributed by atoms with Crippen molar-refractivity contribution in [2.24, 2.45) is 0 Å². The van der Waals surface area contributed by atoms with Crippen LogP contribution in [0.4, 0.5) is 0 Å². The van der Waals surface area contributed by atoms with Crippen LogP contribution in [0, 0.1) is 0 Å². The molecule has 0 aromatic carbocycles. The first-order valence-electron chi connectivity index (χ1n) is 2.54. The standard InChI is InChI=1S/C4H11O4P/c1-4-8-9(5,6-2)7-3/h4H2,1-3H3. The molecule has 0 aliphatic heterocycles. The van der Waals surface area contributed by atoms with Gasteiger partial charge in [0.05, 0.1) is 6.61 Å². The summed E-state index contributed by atoms with van der Waals surface area (Å²) in [6.45, 7) is 2.03. The Morgan fingerprint density at radius 3 is 1.89 bits per heavy atom. The summed E-state index contributed by atoms with van der Waals surface area (Å²) in [5.41, 5.74) is 0. The van der Waals surface area contributed by atoms with Gasteiger partial charge in [0.2, 0.25) is 0 Å². The average molecular weight is 154 g/mol. The quantitative estimate of drug-likeness (QED) is 0.574. The van der Waals surface area contributed by atoms with Crippen LogP contribution in [-0.2, 0) is 18.1 Å². The molecule has 9 heavy (non-hydrogen) atoms. The van der Waals surface area contributed by atoms with Crippen LogP contribution in [0.5, 0.6) is 0 Å².